The molecule has 1 aromatic carbocycles. The Hall–Kier alpha value is -1.42. The number of benzene rings is 1. The van der Waals surface area contributed by atoms with Crippen LogP contribution in [0, 0.1) is 17.8 Å². The highest BCUT2D eigenvalue weighted by Gasteiger charge is 2.11. The van der Waals surface area contributed by atoms with Crippen molar-refractivity contribution in [3.05, 3.63) is 29.8 Å². The van der Waals surface area contributed by atoms with Crippen LogP contribution >= 0.6 is 0 Å². The Bertz CT molecular complexity index is 394. The maximum atomic E-state index is 5.59. The smallest absolute Gasteiger partial charge is 0.119 e. The molecule has 1 rings (SSSR count). The van der Waals surface area contributed by atoms with Gasteiger partial charge in [-0.2, -0.15) is 0 Å². The highest BCUT2D eigenvalue weighted by atomic mass is 16.5. The lowest BCUT2D eigenvalue weighted by molar-refractivity contribution is 0.317. The van der Waals surface area contributed by atoms with Gasteiger partial charge in [0.1, 0.15) is 5.75 Å². The first-order valence-corrected chi connectivity index (χ1v) is 6.90. The van der Waals surface area contributed by atoms with E-state index in [-0.39, 0.29) is 0 Å². The molecule has 0 saturated heterocycles. The molecule has 2 atom stereocenters. The number of hydrogen-bond acceptors (Lipinski definition) is 1. The van der Waals surface area contributed by atoms with E-state index in [4.69, 9.17) is 4.74 Å². The molecular formula is C17H24O. The minimum absolute atomic E-state index is 0.396. The quantitative estimate of drug-likeness (QED) is 0.686. The molecule has 0 saturated carbocycles. The average Bonchev–Trinajstić information content (AvgIpc) is 2.42. The molecule has 0 spiro atoms. The molecule has 0 aromatic heterocycles. The Labute approximate surface area is 112 Å². The van der Waals surface area contributed by atoms with E-state index in [1.54, 1.807) is 0 Å². The SMILES string of the molecule is CCC#CC(C)C(C)c1ccc(OCCC)cc1. The lowest BCUT2D eigenvalue weighted by Crippen LogP contribution is -2.04. The first kappa shape index (κ1) is 14.6. The van der Waals surface area contributed by atoms with Crippen molar-refractivity contribution in [1.29, 1.82) is 0 Å². The molecule has 1 heteroatoms. The molecule has 18 heavy (non-hydrogen) atoms. The third-order valence-electron chi connectivity index (χ3n) is 3.14. The normalized spacial score (nSPS) is 13.3. The van der Waals surface area contributed by atoms with E-state index in [0.29, 0.717) is 11.8 Å². The summed E-state index contributed by atoms with van der Waals surface area (Å²) in [7, 11) is 0. The summed E-state index contributed by atoms with van der Waals surface area (Å²) in [6, 6.07) is 8.42. The van der Waals surface area contributed by atoms with Gasteiger partial charge in [-0.15, -0.1) is 5.92 Å². The molecule has 0 aliphatic rings. The summed E-state index contributed by atoms with van der Waals surface area (Å²) >= 11 is 0. The van der Waals surface area contributed by atoms with Gasteiger partial charge in [0.25, 0.3) is 0 Å². The molecule has 98 valence electrons. The standard InChI is InChI=1S/C17H24O/c1-5-7-8-14(3)15(4)16-9-11-17(12-10-16)18-13-6-2/h9-12,14-15H,5-6,13H2,1-4H3. The predicted octanol–water partition coefficient (Wildman–Crippen LogP) is 4.63. The summed E-state index contributed by atoms with van der Waals surface area (Å²) < 4.78 is 5.59. The van der Waals surface area contributed by atoms with E-state index in [1.807, 2.05) is 0 Å². The van der Waals surface area contributed by atoms with Crippen LogP contribution in [0.3, 0.4) is 0 Å². The maximum absolute atomic E-state index is 5.59. The van der Waals surface area contributed by atoms with Crippen LogP contribution in [0.2, 0.25) is 0 Å². The molecule has 0 heterocycles. The topological polar surface area (TPSA) is 9.23 Å². The fourth-order valence-electron chi connectivity index (χ4n) is 1.76. The molecule has 1 aromatic rings. The monoisotopic (exact) mass is 244 g/mol. The minimum Gasteiger partial charge on any atom is -0.494 e. The fraction of sp³-hybridized carbons (Fsp3) is 0.529. The summed E-state index contributed by atoms with van der Waals surface area (Å²) in [5, 5.41) is 0. The number of ether oxygens (including phenoxy) is 1. The van der Waals surface area contributed by atoms with Crippen molar-refractivity contribution in [2.24, 2.45) is 5.92 Å². The van der Waals surface area contributed by atoms with Gasteiger partial charge in [0.2, 0.25) is 0 Å². The van der Waals surface area contributed by atoms with E-state index in [0.717, 1.165) is 25.2 Å². The van der Waals surface area contributed by atoms with Crippen molar-refractivity contribution in [3.8, 4) is 17.6 Å². The Morgan fingerprint density at radius 2 is 1.78 bits per heavy atom. The van der Waals surface area contributed by atoms with Gasteiger partial charge >= 0.3 is 0 Å². The molecule has 0 aliphatic heterocycles. The van der Waals surface area contributed by atoms with E-state index in [1.165, 1.54) is 5.56 Å². The van der Waals surface area contributed by atoms with Gasteiger partial charge in [0, 0.05) is 12.3 Å². The summed E-state index contributed by atoms with van der Waals surface area (Å²) in [6.45, 7) is 9.41. The maximum Gasteiger partial charge on any atom is 0.119 e. The van der Waals surface area contributed by atoms with Gasteiger partial charge in [-0.25, -0.2) is 0 Å². The van der Waals surface area contributed by atoms with Crippen molar-refractivity contribution in [3.63, 3.8) is 0 Å². The molecule has 0 aliphatic carbocycles. The largest absolute Gasteiger partial charge is 0.494 e. The first-order chi connectivity index (χ1) is 8.69. The molecule has 0 bridgehead atoms. The fourth-order valence-corrected chi connectivity index (χ4v) is 1.76. The van der Waals surface area contributed by atoms with Crippen LogP contribution in [0.1, 0.15) is 52.0 Å². The van der Waals surface area contributed by atoms with Gasteiger partial charge in [-0.3, -0.25) is 0 Å². The van der Waals surface area contributed by atoms with Crippen molar-refractivity contribution in [2.75, 3.05) is 6.61 Å². The zero-order valence-electron chi connectivity index (χ0n) is 12.0. The molecule has 2 unspecified atom stereocenters. The Kier molecular flexibility index (Phi) is 6.36. The third-order valence-corrected chi connectivity index (χ3v) is 3.14. The second kappa shape index (κ2) is 7.82. The third kappa shape index (κ3) is 4.45. The van der Waals surface area contributed by atoms with Crippen LogP contribution in [0.25, 0.3) is 0 Å². The van der Waals surface area contributed by atoms with Crippen LogP contribution < -0.4 is 4.74 Å². The number of hydrogen-bond donors (Lipinski definition) is 0. The van der Waals surface area contributed by atoms with Crippen LogP contribution in [0.4, 0.5) is 0 Å². The van der Waals surface area contributed by atoms with E-state index >= 15 is 0 Å². The second-order valence-electron chi connectivity index (χ2n) is 4.67. The zero-order chi connectivity index (χ0) is 13.4. The first-order valence-electron chi connectivity index (χ1n) is 6.90. The van der Waals surface area contributed by atoms with Crippen LogP contribution in [-0.2, 0) is 0 Å². The van der Waals surface area contributed by atoms with E-state index in [2.05, 4.69) is 63.8 Å². The van der Waals surface area contributed by atoms with E-state index in [9.17, 15) is 0 Å². The summed E-state index contributed by atoms with van der Waals surface area (Å²) in [5.41, 5.74) is 1.33. The van der Waals surface area contributed by atoms with Crippen LogP contribution in [0.5, 0.6) is 5.75 Å². The van der Waals surface area contributed by atoms with Crippen LogP contribution in [0.15, 0.2) is 24.3 Å². The Balaban J connectivity index is 2.66. The highest BCUT2D eigenvalue weighted by Crippen LogP contribution is 2.25. The van der Waals surface area contributed by atoms with E-state index < -0.39 is 0 Å². The van der Waals surface area contributed by atoms with Gasteiger partial charge in [0.15, 0.2) is 0 Å². The van der Waals surface area contributed by atoms with Crippen molar-refractivity contribution < 1.29 is 4.74 Å². The van der Waals surface area contributed by atoms with Gasteiger partial charge in [-0.05, 0) is 30.0 Å². The highest BCUT2D eigenvalue weighted by molar-refractivity contribution is 5.30. The molecular weight excluding hydrogens is 220 g/mol. The van der Waals surface area contributed by atoms with Gasteiger partial charge in [-0.1, -0.05) is 45.7 Å². The predicted molar refractivity (Wildman–Crippen MR) is 77.9 cm³/mol. The van der Waals surface area contributed by atoms with Crippen molar-refractivity contribution >= 4 is 0 Å². The molecule has 1 nitrogen and oxygen atoms in total. The molecule has 0 fully saturated rings. The summed E-state index contributed by atoms with van der Waals surface area (Å²) in [4.78, 5) is 0. The van der Waals surface area contributed by atoms with Crippen molar-refractivity contribution in [2.45, 2.75) is 46.5 Å². The molecule has 0 radical (unpaired) electrons. The number of rotatable bonds is 5. The van der Waals surface area contributed by atoms with Crippen LogP contribution in [-0.4, -0.2) is 6.61 Å². The summed E-state index contributed by atoms with van der Waals surface area (Å²) in [6.07, 6.45) is 1.97. The van der Waals surface area contributed by atoms with Gasteiger partial charge in [0.05, 0.1) is 6.61 Å². The second-order valence-corrected chi connectivity index (χ2v) is 4.67. The average molecular weight is 244 g/mol. The minimum atomic E-state index is 0.396. The summed E-state index contributed by atoms with van der Waals surface area (Å²) in [5.74, 6) is 8.28. The lowest BCUT2D eigenvalue weighted by Gasteiger charge is -2.16. The molecule has 0 N–H and O–H groups in total. The zero-order valence-corrected chi connectivity index (χ0v) is 12.0. The van der Waals surface area contributed by atoms with Gasteiger partial charge < -0.3 is 4.74 Å². The van der Waals surface area contributed by atoms with Crippen molar-refractivity contribution in [1.82, 2.24) is 0 Å². The lowest BCUT2D eigenvalue weighted by atomic mass is 9.89. The molecule has 0 amide bonds. The Morgan fingerprint density at radius 1 is 1.11 bits per heavy atom. The Morgan fingerprint density at radius 3 is 2.33 bits per heavy atom.